The number of aromatic nitrogens is 2. The first-order valence-electron chi connectivity index (χ1n) is 11.6. The van der Waals surface area contributed by atoms with Crippen LogP contribution in [0, 0.1) is 0 Å². The van der Waals surface area contributed by atoms with Gasteiger partial charge in [0.1, 0.15) is 11.6 Å². The Kier molecular flexibility index (Phi) is 4.77. The van der Waals surface area contributed by atoms with Crippen LogP contribution in [0.5, 0.6) is 0 Å². The molecule has 0 saturated carbocycles. The predicted molar refractivity (Wildman–Crippen MR) is 140 cm³/mol. The molecule has 0 N–H and O–H groups in total. The zero-order valence-electron chi connectivity index (χ0n) is 19.3. The van der Waals surface area contributed by atoms with Gasteiger partial charge in [0.2, 0.25) is 0 Å². The molecule has 1 aliphatic rings. The minimum atomic E-state index is -0.179. The lowest BCUT2D eigenvalue weighted by Gasteiger charge is -2.40. The molecule has 0 aliphatic carbocycles. The number of hydrogen-bond donors (Lipinski definition) is 0. The number of nitrogens with zero attached hydrogens (tertiary/aromatic N) is 3. The van der Waals surface area contributed by atoms with Crippen LogP contribution >= 0.6 is 0 Å². The van der Waals surface area contributed by atoms with E-state index in [1.807, 2.05) is 24.3 Å². The lowest BCUT2D eigenvalue weighted by molar-refractivity contribution is 0.627. The SMILES string of the molecule is CC1(C)c2ccccc2N(c2cccc(-c3ccccc3)n2)c2nc(-c3ccccc3)ccc21. The van der Waals surface area contributed by atoms with Crippen LogP contribution in [0.4, 0.5) is 17.3 Å². The van der Waals surface area contributed by atoms with Gasteiger partial charge in [-0.15, -0.1) is 0 Å². The van der Waals surface area contributed by atoms with Gasteiger partial charge >= 0.3 is 0 Å². The maximum absolute atomic E-state index is 5.22. The van der Waals surface area contributed by atoms with Crippen LogP contribution in [0.3, 0.4) is 0 Å². The number of rotatable bonds is 3. The van der Waals surface area contributed by atoms with E-state index in [2.05, 4.69) is 110 Å². The molecule has 6 rings (SSSR count). The first kappa shape index (κ1) is 20.4. The molecule has 0 saturated heterocycles. The zero-order chi connectivity index (χ0) is 23.1. The fourth-order valence-corrected chi connectivity index (χ4v) is 4.88. The quantitative estimate of drug-likeness (QED) is 0.286. The Morgan fingerprint density at radius 3 is 1.85 bits per heavy atom. The van der Waals surface area contributed by atoms with Crippen molar-refractivity contribution in [2.24, 2.45) is 0 Å². The number of pyridine rings is 2. The van der Waals surface area contributed by atoms with Crippen molar-refractivity contribution in [3.8, 4) is 22.5 Å². The van der Waals surface area contributed by atoms with Crippen LogP contribution in [-0.4, -0.2) is 9.97 Å². The van der Waals surface area contributed by atoms with E-state index in [0.29, 0.717) is 0 Å². The van der Waals surface area contributed by atoms with Crippen molar-refractivity contribution in [1.82, 2.24) is 9.97 Å². The minimum Gasteiger partial charge on any atom is -0.278 e. The Morgan fingerprint density at radius 2 is 1.15 bits per heavy atom. The van der Waals surface area contributed by atoms with Crippen LogP contribution in [-0.2, 0) is 5.41 Å². The van der Waals surface area contributed by atoms with Crippen molar-refractivity contribution in [2.75, 3.05) is 4.90 Å². The molecule has 0 fully saturated rings. The average molecular weight is 440 g/mol. The summed E-state index contributed by atoms with van der Waals surface area (Å²) in [5.74, 6) is 1.80. The lowest BCUT2D eigenvalue weighted by Crippen LogP contribution is -2.31. The Hall–Kier alpha value is -4.24. The van der Waals surface area contributed by atoms with Gasteiger partial charge in [-0.3, -0.25) is 4.90 Å². The van der Waals surface area contributed by atoms with Gasteiger partial charge < -0.3 is 0 Å². The molecule has 3 heterocycles. The summed E-state index contributed by atoms with van der Waals surface area (Å²) >= 11 is 0. The highest BCUT2D eigenvalue weighted by Crippen LogP contribution is 2.51. The largest absolute Gasteiger partial charge is 0.278 e. The van der Waals surface area contributed by atoms with Crippen LogP contribution in [0.1, 0.15) is 25.0 Å². The van der Waals surface area contributed by atoms with E-state index in [0.717, 1.165) is 39.8 Å². The molecular weight excluding hydrogens is 414 g/mol. The zero-order valence-corrected chi connectivity index (χ0v) is 19.3. The summed E-state index contributed by atoms with van der Waals surface area (Å²) in [7, 11) is 0. The molecule has 0 atom stereocenters. The molecule has 5 aromatic rings. The first-order chi connectivity index (χ1) is 16.6. The van der Waals surface area contributed by atoms with Crippen molar-refractivity contribution < 1.29 is 0 Å². The summed E-state index contributed by atoms with van der Waals surface area (Å²) in [4.78, 5) is 12.5. The summed E-state index contributed by atoms with van der Waals surface area (Å²) in [5, 5.41) is 0. The van der Waals surface area contributed by atoms with E-state index in [4.69, 9.17) is 9.97 Å². The molecule has 0 bridgehead atoms. The molecule has 0 spiro atoms. The molecular formula is C31H25N3. The van der Waals surface area contributed by atoms with Gasteiger partial charge in [0.05, 0.1) is 17.1 Å². The van der Waals surface area contributed by atoms with Crippen molar-refractivity contribution in [3.63, 3.8) is 0 Å². The Bertz CT molecular complexity index is 1470. The van der Waals surface area contributed by atoms with Crippen LogP contribution < -0.4 is 4.90 Å². The highest BCUT2D eigenvalue weighted by atomic mass is 15.3. The molecule has 0 radical (unpaired) electrons. The van der Waals surface area contributed by atoms with Gasteiger partial charge in [0.15, 0.2) is 0 Å². The Morgan fingerprint density at radius 1 is 0.529 bits per heavy atom. The molecule has 0 unspecified atom stereocenters. The number of benzene rings is 3. The average Bonchev–Trinajstić information content (AvgIpc) is 2.90. The van der Waals surface area contributed by atoms with E-state index >= 15 is 0 Å². The summed E-state index contributed by atoms with van der Waals surface area (Å²) in [6.45, 7) is 4.55. The molecule has 34 heavy (non-hydrogen) atoms. The van der Waals surface area contributed by atoms with Crippen molar-refractivity contribution in [2.45, 2.75) is 19.3 Å². The molecule has 3 aromatic carbocycles. The highest BCUT2D eigenvalue weighted by molar-refractivity contribution is 5.84. The van der Waals surface area contributed by atoms with E-state index < -0.39 is 0 Å². The molecule has 164 valence electrons. The maximum Gasteiger partial charge on any atom is 0.143 e. The fourth-order valence-electron chi connectivity index (χ4n) is 4.88. The number of anilines is 3. The van der Waals surface area contributed by atoms with Crippen molar-refractivity contribution in [3.05, 3.63) is 126 Å². The normalized spacial score (nSPS) is 13.8. The summed E-state index contributed by atoms with van der Waals surface area (Å²) in [6.07, 6.45) is 0. The van der Waals surface area contributed by atoms with E-state index in [-0.39, 0.29) is 5.41 Å². The number of hydrogen-bond acceptors (Lipinski definition) is 3. The summed E-state index contributed by atoms with van der Waals surface area (Å²) < 4.78 is 0. The summed E-state index contributed by atoms with van der Waals surface area (Å²) in [5.41, 5.74) is 7.51. The van der Waals surface area contributed by atoms with Crippen molar-refractivity contribution in [1.29, 1.82) is 0 Å². The second-order valence-corrected chi connectivity index (χ2v) is 9.16. The summed E-state index contributed by atoms with van der Waals surface area (Å²) in [6, 6.07) is 39.8. The van der Waals surface area contributed by atoms with E-state index in [9.17, 15) is 0 Å². The molecule has 3 nitrogen and oxygen atoms in total. The van der Waals surface area contributed by atoms with Gasteiger partial charge in [-0.2, -0.15) is 0 Å². The third-order valence-electron chi connectivity index (χ3n) is 6.68. The van der Waals surface area contributed by atoms with Gasteiger partial charge in [0.25, 0.3) is 0 Å². The Balaban J connectivity index is 1.59. The van der Waals surface area contributed by atoms with Gasteiger partial charge in [-0.1, -0.05) is 105 Å². The second-order valence-electron chi connectivity index (χ2n) is 9.16. The fraction of sp³-hybridized carbons (Fsp3) is 0.0968. The van der Waals surface area contributed by atoms with Crippen LogP contribution in [0.2, 0.25) is 0 Å². The molecule has 3 heteroatoms. The van der Waals surface area contributed by atoms with Crippen molar-refractivity contribution >= 4 is 17.3 Å². The number of fused-ring (bicyclic) bond motifs is 2. The predicted octanol–water partition coefficient (Wildman–Crippen LogP) is 7.92. The minimum absolute atomic E-state index is 0.179. The molecule has 0 amide bonds. The third-order valence-corrected chi connectivity index (χ3v) is 6.68. The molecule has 1 aliphatic heterocycles. The topological polar surface area (TPSA) is 29.0 Å². The smallest absolute Gasteiger partial charge is 0.143 e. The van der Waals surface area contributed by atoms with E-state index in [1.54, 1.807) is 0 Å². The van der Waals surface area contributed by atoms with Gasteiger partial charge in [0, 0.05) is 22.1 Å². The second kappa shape index (κ2) is 7.96. The van der Waals surface area contributed by atoms with Crippen LogP contribution in [0.15, 0.2) is 115 Å². The van der Waals surface area contributed by atoms with Gasteiger partial charge in [-0.05, 0) is 29.8 Å². The monoisotopic (exact) mass is 439 g/mol. The first-order valence-corrected chi connectivity index (χ1v) is 11.6. The Labute approximate surface area is 200 Å². The maximum atomic E-state index is 5.22. The lowest BCUT2D eigenvalue weighted by atomic mass is 9.74. The standard InChI is InChI=1S/C31H25N3/c1-31(2)24-16-9-10-18-28(24)34(29-19-11-17-26(32-29)22-12-5-3-6-13-22)30-25(31)20-21-27(33-30)23-14-7-4-8-15-23/h3-21H,1-2H3. The van der Waals surface area contributed by atoms with E-state index in [1.165, 1.54) is 11.1 Å². The molecule has 2 aromatic heterocycles. The highest BCUT2D eigenvalue weighted by Gasteiger charge is 2.38. The number of para-hydroxylation sites is 1. The third kappa shape index (κ3) is 3.29. The van der Waals surface area contributed by atoms with Crippen LogP contribution in [0.25, 0.3) is 22.5 Å². The van der Waals surface area contributed by atoms with Gasteiger partial charge in [-0.25, -0.2) is 9.97 Å².